The van der Waals surface area contributed by atoms with Crippen molar-refractivity contribution in [2.75, 3.05) is 37.0 Å². The largest absolute Gasteiger partial charge is 0.395 e. The number of rotatable bonds is 10. The van der Waals surface area contributed by atoms with Gasteiger partial charge in [0.1, 0.15) is 0 Å². The lowest BCUT2D eigenvalue weighted by Crippen LogP contribution is -2.29. The van der Waals surface area contributed by atoms with Crippen molar-refractivity contribution in [2.24, 2.45) is 10.2 Å². The third-order valence-electron chi connectivity index (χ3n) is 5.02. The van der Waals surface area contributed by atoms with Gasteiger partial charge >= 0.3 is 0 Å². The lowest BCUT2D eigenvalue weighted by Gasteiger charge is -2.24. The Morgan fingerprint density at radius 3 is 2.09 bits per heavy atom. The van der Waals surface area contributed by atoms with Gasteiger partial charge in [0.05, 0.1) is 35.2 Å². The molecule has 0 aliphatic carbocycles. The molecule has 0 saturated heterocycles. The summed E-state index contributed by atoms with van der Waals surface area (Å²) in [4.78, 5) is 2.17. The first kappa shape index (κ1) is 23.6. The second kappa shape index (κ2) is 11.0. The highest BCUT2D eigenvalue weighted by molar-refractivity contribution is 7.91. The Bertz CT molecular complexity index is 1140. The molecule has 0 aliphatic rings. The fourth-order valence-corrected chi connectivity index (χ4v) is 4.15. The molecule has 3 aromatic rings. The summed E-state index contributed by atoms with van der Waals surface area (Å²) in [5.74, 6) is 0.0459. The van der Waals surface area contributed by atoms with Crippen LogP contribution in [0.25, 0.3) is 11.1 Å². The Morgan fingerprint density at radius 2 is 1.50 bits per heavy atom. The van der Waals surface area contributed by atoms with E-state index in [9.17, 15) is 18.6 Å². The van der Waals surface area contributed by atoms with Crippen LogP contribution in [0.1, 0.15) is 6.92 Å². The molecule has 0 atom stereocenters. The summed E-state index contributed by atoms with van der Waals surface area (Å²) < 4.78 is 24.0. The van der Waals surface area contributed by atoms with Crippen molar-refractivity contribution in [3.8, 4) is 11.1 Å². The van der Waals surface area contributed by atoms with Gasteiger partial charge in [0.15, 0.2) is 9.84 Å². The molecular weight excluding hydrogens is 426 g/mol. The van der Waals surface area contributed by atoms with Gasteiger partial charge in [-0.2, -0.15) is 5.11 Å². The van der Waals surface area contributed by atoms with Gasteiger partial charge in [0, 0.05) is 24.3 Å². The minimum absolute atomic E-state index is 0.0219. The monoisotopic (exact) mass is 453 g/mol. The van der Waals surface area contributed by atoms with Crippen LogP contribution in [0.2, 0.25) is 0 Å². The number of anilines is 1. The average molecular weight is 454 g/mol. The maximum absolute atomic E-state index is 12.0. The minimum atomic E-state index is -3.26. The lowest BCUT2D eigenvalue weighted by molar-refractivity contribution is 0.281. The highest BCUT2D eigenvalue weighted by Gasteiger charge is 2.12. The number of aliphatic hydroxyl groups is 2. The number of sulfone groups is 1. The van der Waals surface area contributed by atoms with Crippen LogP contribution in [0.15, 0.2) is 87.9 Å². The van der Waals surface area contributed by atoms with Gasteiger partial charge in [-0.05, 0) is 48.0 Å². The van der Waals surface area contributed by atoms with E-state index in [0.29, 0.717) is 24.5 Å². The standard InChI is InChI=1S/C24H27N3O4S/c1-2-32(30,31)22-11-8-20(9-12-22)25-26-24-13-10-21(27(14-16-28)15-17-29)18-23(24)19-6-4-3-5-7-19/h3-13,18,28-29H,2,14-17H2,1H3. The molecule has 7 nitrogen and oxygen atoms in total. The molecule has 168 valence electrons. The van der Waals surface area contributed by atoms with Gasteiger partial charge < -0.3 is 15.1 Å². The summed E-state index contributed by atoms with van der Waals surface area (Å²) in [5, 5.41) is 27.4. The van der Waals surface area contributed by atoms with E-state index in [1.165, 1.54) is 12.1 Å². The predicted molar refractivity (Wildman–Crippen MR) is 127 cm³/mol. The first-order chi connectivity index (χ1) is 15.5. The van der Waals surface area contributed by atoms with E-state index >= 15 is 0 Å². The Balaban J connectivity index is 1.96. The van der Waals surface area contributed by atoms with E-state index < -0.39 is 9.84 Å². The van der Waals surface area contributed by atoms with Gasteiger partial charge in [0.2, 0.25) is 0 Å². The minimum Gasteiger partial charge on any atom is -0.395 e. The van der Waals surface area contributed by atoms with Crippen LogP contribution < -0.4 is 4.90 Å². The van der Waals surface area contributed by atoms with Crippen LogP contribution in [-0.4, -0.2) is 50.7 Å². The van der Waals surface area contributed by atoms with Gasteiger partial charge in [-0.15, -0.1) is 5.11 Å². The van der Waals surface area contributed by atoms with Crippen LogP contribution in [0.4, 0.5) is 17.1 Å². The van der Waals surface area contributed by atoms with Gasteiger partial charge in [-0.1, -0.05) is 37.3 Å². The normalized spacial score (nSPS) is 11.7. The quantitative estimate of drug-likeness (QED) is 0.444. The molecule has 0 spiro atoms. The third-order valence-corrected chi connectivity index (χ3v) is 6.77. The fourth-order valence-electron chi connectivity index (χ4n) is 3.27. The van der Waals surface area contributed by atoms with Gasteiger partial charge in [0.25, 0.3) is 0 Å². The smallest absolute Gasteiger partial charge is 0.178 e. The molecule has 0 amide bonds. The average Bonchev–Trinajstić information content (AvgIpc) is 2.83. The maximum Gasteiger partial charge on any atom is 0.178 e. The Labute approximate surface area is 188 Å². The Morgan fingerprint density at radius 1 is 0.844 bits per heavy atom. The molecule has 0 fully saturated rings. The lowest BCUT2D eigenvalue weighted by atomic mass is 10.0. The van der Waals surface area contributed by atoms with Crippen molar-refractivity contribution >= 4 is 26.9 Å². The third kappa shape index (κ3) is 5.79. The molecule has 32 heavy (non-hydrogen) atoms. The highest BCUT2D eigenvalue weighted by Crippen LogP contribution is 2.35. The second-order valence-electron chi connectivity index (χ2n) is 7.10. The summed E-state index contributed by atoms with van der Waals surface area (Å²) >= 11 is 0. The van der Waals surface area contributed by atoms with Crippen LogP contribution in [0, 0.1) is 0 Å². The molecule has 0 heterocycles. The summed E-state index contributed by atoms with van der Waals surface area (Å²) in [5.41, 5.74) is 3.88. The summed E-state index contributed by atoms with van der Waals surface area (Å²) in [6.45, 7) is 2.38. The van der Waals surface area contributed by atoms with E-state index in [1.54, 1.807) is 19.1 Å². The maximum atomic E-state index is 12.0. The summed E-state index contributed by atoms with van der Waals surface area (Å²) in [6.07, 6.45) is 0. The first-order valence-corrected chi connectivity index (χ1v) is 12.0. The molecule has 8 heteroatoms. The Kier molecular flexibility index (Phi) is 8.10. The zero-order chi connectivity index (χ0) is 23.0. The Hall–Kier alpha value is -3.07. The summed E-state index contributed by atoms with van der Waals surface area (Å²) in [6, 6.07) is 21.8. The van der Waals surface area contributed by atoms with Crippen LogP contribution in [0.5, 0.6) is 0 Å². The van der Waals surface area contributed by atoms with Crippen molar-refractivity contribution in [1.29, 1.82) is 0 Å². The first-order valence-electron chi connectivity index (χ1n) is 10.4. The van der Waals surface area contributed by atoms with E-state index in [1.807, 2.05) is 53.4 Å². The molecular formula is C24H27N3O4S. The number of hydrogen-bond donors (Lipinski definition) is 2. The van der Waals surface area contributed by atoms with Crippen molar-refractivity contribution in [3.05, 3.63) is 72.8 Å². The fraction of sp³-hybridized carbons (Fsp3) is 0.250. The predicted octanol–water partition coefficient (Wildman–Crippen LogP) is 4.35. The number of azo groups is 1. The molecule has 0 radical (unpaired) electrons. The number of benzene rings is 3. The highest BCUT2D eigenvalue weighted by atomic mass is 32.2. The van der Waals surface area contributed by atoms with Crippen molar-refractivity contribution in [1.82, 2.24) is 0 Å². The number of nitrogens with zero attached hydrogens (tertiary/aromatic N) is 3. The van der Waals surface area contributed by atoms with Gasteiger partial charge in [-0.25, -0.2) is 8.42 Å². The van der Waals surface area contributed by atoms with Crippen LogP contribution >= 0.6 is 0 Å². The molecule has 0 unspecified atom stereocenters. The van der Waals surface area contributed by atoms with E-state index in [4.69, 9.17) is 0 Å². The van der Waals surface area contributed by atoms with Crippen LogP contribution in [0.3, 0.4) is 0 Å². The van der Waals surface area contributed by atoms with Gasteiger partial charge in [-0.3, -0.25) is 0 Å². The molecule has 0 aromatic heterocycles. The zero-order valence-electron chi connectivity index (χ0n) is 17.9. The molecule has 3 rings (SSSR count). The number of hydrogen-bond acceptors (Lipinski definition) is 7. The second-order valence-corrected chi connectivity index (χ2v) is 9.38. The molecule has 0 aliphatic heterocycles. The van der Waals surface area contributed by atoms with Crippen molar-refractivity contribution in [3.63, 3.8) is 0 Å². The SMILES string of the molecule is CCS(=O)(=O)c1ccc(N=Nc2ccc(N(CCO)CCO)cc2-c2ccccc2)cc1. The van der Waals surface area contributed by atoms with Crippen molar-refractivity contribution < 1.29 is 18.6 Å². The molecule has 0 saturated carbocycles. The van der Waals surface area contributed by atoms with E-state index in [0.717, 1.165) is 16.8 Å². The summed E-state index contributed by atoms with van der Waals surface area (Å²) in [7, 11) is -3.26. The molecule has 2 N–H and O–H groups in total. The van der Waals surface area contributed by atoms with Crippen molar-refractivity contribution in [2.45, 2.75) is 11.8 Å². The zero-order valence-corrected chi connectivity index (χ0v) is 18.7. The number of aliphatic hydroxyl groups excluding tert-OH is 2. The molecule has 0 bridgehead atoms. The van der Waals surface area contributed by atoms with Crippen LogP contribution in [-0.2, 0) is 9.84 Å². The van der Waals surface area contributed by atoms with E-state index in [-0.39, 0.29) is 23.9 Å². The van der Waals surface area contributed by atoms with E-state index in [2.05, 4.69) is 10.2 Å². The topological polar surface area (TPSA) is 103 Å². The molecule has 3 aromatic carbocycles.